The van der Waals surface area contributed by atoms with Crippen molar-refractivity contribution in [1.29, 1.82) is 0 Å². The summed E-state index contributed by atoms with van der Waals surface area (Å²) in [5.41, 5.74) is -0.399. The van der Waals surface area contributed by atoms with Crippen LogP contribution in [0.2, 0.25) is 0 Å². The van der Waals surface area contributed by atoms with E-state index in [9.17, 15) is 23.3 Å². The number of nitrogens with zero attached hydrogens (tertiary/aromatic N) is 2. The quantitative estimate of drug-likeness (QED) is 0.469. The molecule has 0 aliphatic heterocycles. The van der Waals surface area contributed by atoms with E-state index < -0.39 is 32.3 Å². The van der Waals surface area contributed by atoms with E-state index in [0.717, 1.165) is 17.8 Å². The Hall–Kier alpha value is -2.68. The number of hydrogen-bond donors (Lipinski definition) is 0. The molecular formula is C14H14N2O6S. The molecule has 0 N–H and O–H groups in total. The van der Waals surface area contributed by atoms with Gasteiger partial charge in [-0.2, -0.15) is 0 Å². The number of carbonyl (C=O) groups excluding carboxylic acids is 1. The van der Waals surface area contributed by atoms with Gasteiger partial charge in [0.05, 0.1) is 16.4 Å². The van der Waals surface area contributed by atoms with Crippen LogP contribution in [0.15, 0.2) is 41.4 Å². The number of rotatable bonds is 5. The summed E-state index contributed by atoms with van der Waals surface area (Å²) in [5, 5.41) is 11.0. The minimum absolute atomic E-state index is 0.0360. The normalized spacial score (nSPS) is 11.2. The van der Waals surface area contributed by atoms with Crippen molar-refractivity contribution in [2.75, 3.05) is 6.61 Å². The molecular weight excluding hydrogens is 324 g/mol. The molecule has 0 amide bonds. The van der Waals surface area contributed by atoms with Gasteiger partial charge >= 0.3 is 11.7 Å². The molecule has 0 fully saturated rings. The number of aryl methyl sites for hydroxylation is 1. The van der Waals surface area contributed by atoms with Crippen LogP contribution in [0.4, 0.5) is 5.69 Å². The third-order valence-electron chi connectivity index (χ3n) is 3.07. The molecule has 1 aromatic carbocycles. The topological polar surface area (TPSA) is 109 Å². The third kappa shape index (κ3) is 3.09. The number of benzene rings is 1. The third-order valence-corrected chi connectivity index (χ3v) is 4.76. The molecule has 0 aliphatic rings. The minimum atomic E-state index is -4.15. The van der Waals surface area contributed by atoms with E-state index in [0.29, 0.717) is 3.97 Å². The number of carbonyl (C=O) groups is 1. The molecule has 2 rings (SSSR count). The molecule has 0 spiro atoms. The van der Waals surface area contributed by atoms with Crippen molar-refractivity contribution in [2.24, 2.45) is 0 Å². The lowest BCUT2D eigenvalue weighted by atomic mass is 10.2. The highest BCUT2D eigenvalue weighted by molar-refractivity contribution is 7.90. The van der Waals surface area contributed by atoms with Gasteiger partial charge in [-0.1, -0.05) is 17.7 Å². The van der Waals surface area contributed by atoms with Gasteiger partial charge in [0.1, 0.15) is 0 Å². The Kier molecular flexibility index (Phi) is 4.50. The fourth-order valence-electron chi connectivity index (χ4n) is 1.97. The lowest BCUT2D eigenvalue weighted by Crippen LogP contribution is -2.20. The van der Waals surface area contributed by atoms with Crippen LogP contribution in [0.5, 0.6) is 0 Å². The first-order valence-electron chi connectivity index (χ1n) is 6.64. The highest BCUT2D eigenvalue weighted by Gasteiger charge is 2.32. The minimum Gasteiger partial charge on any atom is -0.461 e. The lowest BCUT2D eigenvalue weighted by Gasteiger charge is -2.09. The zero-order valence-electron chi connectivity index (χ0n) is 12.4. The Balaban J connectivity index is 2.65. The van der Waals surface area contributed by atoms with Gasteiger partial charge in [-0.05, 0) is 26.0 Å². The highest BCUT2D eigenvalue weighted by Crippen LogP contribution is 2.25. The van der Waals surface area contributed by atoms with Crippen molar-refractivity contribution in [3.8, 4) is 0 Å². The molecule has 8 nitrogen and oxygen atoms in total. The summed E-state index contributed by atoms with van der Waals surface area (Å²) in [5.74, 6) is -1.07. The average molecular weight is 338 g/mol. The van der Waals surface area contributed by atoms with Crippen LogP contribution in [0.1, 0.15) is 23.0 Å². The van der Waals surface area contributed by atoms with Crippen molar-refractivity contribution in [3.05, 3.63) is 57.9 Å². The SMILES string of the molecule is CCOC(=O)c1c([N+](=O)[O-])ccn1S(=O)(=O)c1ccc(C)cc1. The second-order valence-corrected chi connectivity index (χ2v) is 6.46. The van der Waals surface area contributed by atoms with Crippen molar-refractivity contribution in [2.45, 2.75) is 18.7 Å². The van der Waals surface area contributed by atoms with Gasteiger partial charge in [-0.25, -0.2) is 17.2 Å². The van der Waals surface area contributed by atoms with Gasteiger partial charge in [-0.15, -0.1) is 0 Å². The molecule has 0 aliphatic carbocycles. The summed E-state index contributed by atoms with van der Waals surface area (Å²) in [6, 6.07) is 6.87. The molecule has 1 heterocycles. The van der Waals surface area contributed by atoms with Gasteiger partial charge in [0.15, 0.2) is 0 Å². The number of hydrogen-bond acceptors (Lipinski definition) is 6. The number of aromatic nitrogens is 1. The Bertz CT molecular complexity index is 852. The van der Waals surface area contributed by atoms with Gasteiger partial charge < -0.3 is 4.74 Å². The predicted molar refractivity (Wildman–Crippen MR) is 80.8 cm³/mol. The van der Waals surface area contributed by atoms with E-state index in [1.807, 2.05) is 0 Å². The first-order chi connectivity index (χ1) is 10.8. The molecule has 0 atom stereocenters. The molecule has 0 saturated heterocycles. The molecule has 23 heavy (non-hydrogen) atoms. The van der Waals surface area contributed by atoms with Crippen LogP contribution in [-0.4, -0.2) is 29.9 Å². The largest absolute Gasteiger partial charge is 0.461 e. The van der Waals surface area contributed by atoms with Crippen molar-refractivity contribution in [3.63, 3.8) is 0 Å². The van der Waals surface area contributed by atoms with E-state index in [4.69, 9.17) is 4.74 Å². The van der Waals surface area contributed by atoms with Crippen LogP contribution in [0.3, 0.4) is 0 Å². The van der Waals surface area contributed by atoms with Crippen LogP contribution >= 0.6 is 0 Å². The molecule has 9 heteroatoms. The fraction of sp³-hybridized carbons (Fsp3) is 0.214. The van der Waals surface area contributed by atoms with Crippen molar-refractivity contribution < 1.29 is 22.9 Å². The second-order valence-electron chi connectivity index (χ2n) is 4.64. The number of ether oxygens (including phenoxy) is 1. The zero-order valence-corrected chi connectivity index (χ0v) is 13.2. The summed E-state index contributed by atoms with van der Waals surface area (Å²) in [6.07, 6.45) is 0.972. The maximum absolute atomic E-state index is 12.6. The Labute approximate surface area is 132 Å². The Morgan fingerprint density at radius 1 is 1.26 bits per heavy atom. The second kappa shape index (κ2) is 6.21. The van der Waals surface area contributed by atoms with Crippen molar-refractivity contribution >= 4 is 21.7 Å². The molecule has 0 bridgehead atoms. The van der Waals surface area contributed by atoms with E-state index in [-0.39, 0.29) is 11.5 Å². The van der Waals surface area contributed by atoms with Gasteiger partial charge in [0.25, 0.3) is 10.0 Å². The molecule has 2 aromatic rings. The number of esters is 1. The number of nitro groups is 1. The van der Waals surface area contributed by atoms with Crippen LogP contribution in [-0.2, 0) is 14.8 Å². The molecule has 0 saturated carbocycles. The smallest absolute Gasteiger partial charge is 0.363 e. The van der Waals surface area contributed by atoms with E-state index in [1.54, 1.807) is 19.1 Å². The van der Waals surface area contributed by atoms with Gasteiger partial charge in [0, 0.05) is 12.3 Å². The maximum atomic E-state index is 12.6. The predicted octanol–water partition coefficient (Wildman–Crippen LogP) is 2.12. The first-order valence-corrected chi connectivity index (χ1v) is 8.08. The first kappa shape index (κ1) is 16.7. The molecule has 122 valence electrons. The Morgan fingerprint density at radius 3 is 2.39 bits per heavy atom. The fourth-order valence-corrected chi connectivity index (χ4v) is 3.31. The summed E-state index contributed by atoms with van der Waals surface area (Å²) < 4.78 is 30.6. The van der Waals surface area contributed by atoms with Gasteiger partial charge in [0.2, 0.25) is 5.69 Å². The highest BCUT2D eigenvalue weighted by atomic mass is 32.2. The van der Waals surface area contributed by atoms with Crippen LogP contribution in [0.25, 0.3) is 0 Å². The van der Waals surface area contributed by atoms with Crippen LogP contribution < -0.4 is 0 Å². The zero-order chi connectivity index (χ0) is 17.2. The molecule has 0 unspecified atom stereocenters. The van der Waals surface area contributed by atoms with Crippen LogP contribution in [0, 0.1) is 17.0 Å². The summed E-state index contributed by atoms with van der Waals surface area (Å²) >= 11 is 0. The van der Waals surface area contributed by atoms with E-state index >= 15 is 0 Å². The Morgan fingerprint density at radius 2 is 1.87 bits per heavy atom. The summed E-state index contributed by atoms with van der Waals surface area (Å²) in [7, 11) is -4.15. The van der Waals surface area contributed by atoms with E-state index in [2.05, 4.69) is 0 Å². The average Bonchev–Trinajstić information content (AvgIpc) is 2.93. The van der Waals surface area contributed by atoms with Gasteiger partial charge in [-0.3, -0.25) is 10.1 Å². The molecule has 0 radical (unpaired) electrons. The van der Waals surface area contributed by atoms with E-state index in [1.165, 1.54) is 19.1 Å². The standard InChI is InChI=1S/C14H14N2O6S/c1-3-22-14(17)13-12(16(18)19)8-9-15(13)23(20,21)11-6-4-10(2)5-7-11/h4-9H,3H2,1-2H3. The molecule has 1 aromatic heterocycles. The lowest BCUT2D eigenvalue weighted by molar-refractivity contribution is -0.385. The monoisotopic (exact) mass is 338 g/mol. The summed E-state index contributed by atoms with van der Waals surface area (Å²) in [6.45, 7) is 3.28. The maximum Gasteiger partial charge on any atom is 0.363 e. The summed E-state index contributed by atoms with van der Waals surface area (Å²) in [4.78, 5) is 22.1. The van der Waals surface area contributed by atoms with Crippen molar-refractivity contribution in [1.82, 2.24) is 3.97 Å².